The first kappa shape index (κ1) is 17.3. The first-order valence-corrected chi connectivity index (χ1v) is 7.64. The quantitative estimate of drug-likeness (QED) is 0.772. The van der Waals surface area contributed by atoms with E-state index in [9.17, 15) is 4.79 Å². The highest BCUT2D eigenvalue weighted by Crippen LogP contribution is 2.22. The fourth-order valence-corrected chi connectivity index (χ4v) is 2.40. The maximum absolute atomic E-state index is 12.0. The van der Waals surface area contributed by atoms with E-state index in [-0.39, 0.29) is 11.5 Å². The van der Waals surface area contributed by atoms with Crippen LogP contribution in [-0.4, -0.2) is 15.6 Å². The smallest absolute Gasteiger partial charge is 0.350 e. The predicted octanol–water partition coefficient (Wildman–Crippen LogP) is 2.63. The van der Waals surface area contributed by atoms with Gasteiger partial charge in [0.2, 0.25) is 0 Å². The molecule has 5 nitrogen and oxygen atoms in total. The van der Waals surface area contributed by atoms with Gasteiger partial charge in [-0.15, -0.1) is 0 Å². The average molecular weight is 292 g/mol. The van der Waals surface area contributed by atoms with Gasteiger partial charge in [0.1, 0.15) is 5.82 Å². The van der Waals surface area contributed by atoms with Gasteiger partial charge in [0.15, 0.2) is 0 Å². The number of allylic oxidation sites excluding steroid dienone is 1. The Kier molecular flexibility index (Phi) is 6.00. The Morgan fingerprint density at radius 1 is 1.43 bits per heavy atom. The molecular formula is C16H28N4O. The van der Waals surface area contributed by atoms with Gasteiger partial charge in [-0.05, 0) is 32.8 Å². The Morgan fingerprint density at radius 3 is 2.48 bits per heavy atom. The van der Waals surface area contributed by atoms with Crippen LogP contribution in [-0.2, 0) is 5.54 Å². The van der Waals surface area contributed by atoms with Gasteiger partial charge in [-0.3, -0.25) is 4.57 Å². The molecule has 1 aromatic rings. The Morgan fingerprint density at radius 2 is 2.00 bits per heavy atom. The molecule has 0 aliphatic rings. The zero-order chi connectivity index (χ0) is 16.0. The lowest BCUT2D eigenvalue weighted by Crippen LogP contribution is -2.44. The van der Waals surface area contributed by atoms with E-state index in [1.807, 2.05) is 13.8 Å². The molecule has 0 saturated carbocycles. The van der Waals surface area contributed by atoms with Crippen LogP contribution in [0.3, 0.4) is 0 Å². The summed E-state index contributed by atoms with van der Waals surface area (Å²) in [4.78, 5) is 15.8. The van der Waals surface area contributed by atoms with Crippen molar-refractivity contribution in [1.29, 1.82) is 0 Å². The van der Waals surface area contributed by atoms with E-state index in [4.69, 9.17) is 5.73 Å². The molecule has 1 aromatic heterocycles. The van der Waals surface area contributed by atoms with E-state index < -0.39 is 5.54 Å². The van der Waals surface area contributed by atoms with E-state index in [1.165, 1.54) is 0 Å². The van der Waals surface area contributed by atoms with Crippen molar-refractivity contribution in [1.82, 2.24) is 14.9 Å². The lowest BCUT2D eigenvalue weighted by atomic mass is 9.98. The molecule has 0 saturated heterocycles. The molecular weight excluding hydrogens is 264 g/mol. The van der Waals surface area contributed by atoms with Gasteiger partial charge in [0.05, 0.1) is 5.54 Å². The molecule has 0 bridgehead atoms. The summed E-state index contributed by atoms with van der Waals surface area (Å²) in [6.45, 7) is 12.4. The second-order valence-corrected chi connectivity index (χ2v) is 5.96. The summed E-state index contributed by atoms with van der Waals surface area (Å²) in [6.07, 6.45) is 6.10. The lowest BCUT2D eigenvalue weighted by Gasteiger charge is -2.33. The molecule has 21 heavy (non-hydrogen) atoms. The van der Waals surface area contributed by atoms with Crippen LogP contribution in [0, 0.1) is 0 Å². The van der Waals surface area contributed by atoms with Crippen molar-refractivity contribution in [2.24, 2.45) is 0 Å². The molecule has 118 valence electrons. The Bertz CT molecular complexity index is 527. The number of nitrogens with zero attached hydrogens (tertiary/aromatic N) is 2. The first-order chi connectivity index (χ1) is 9.82. The van der Waals surface area contributed by atoms with Crippen molar-refractivity contribution in [2.45, 2.75) is 65.0 Å². The van der Waals surface area contributed by atoms with E-state index >= 15 is 0 Å². The number of hydrogen-bond donors (Lipinski definition) is 2. The molecule has 0 unspecified atom stereocenters. The minimum atomic E-state index is -0.558. The van der Waals surface area contributed by atoms with Crippen LogP contribution >= 0.6 is 0 Å². The summed E-state index contributed by atoms with van der Waals surface area (Å²) < 4.78 is 1.56. The van der Waals surface area contributed by atoms with Gasteiger partial charge in [-0.1, -0.05) is 33.3 Å². The molecule has 0 spiro atoms. The zero-order valence-electron chi connectivity index (χ0n) is 13.6. The highest BCUT2D eigenvalue weighted by atomic mass is 16.1. The third kappa shape index (κ3) is 4.34. The van der Waals surface area contributed by atoms with Crippen LogP contribution in [0.4, 0.5) is 5.82 Å². The molecule has 0 radical (unpaired) electrons. The van der Waals surface area contributed by atoms with Gasteiger partial charge < -0.3 is 11.1 Å². The third-order valence-electron chi connectivity index (χ3n) is 3.82. The Labute approximate surface area is 127 Å². The number of nitrogen functional groups attached to an aromatic ring is 1. The number of aromatic nitrogens is 2. The molecule has 0 aliphatic heterocycles. The largest absolute Gasteiger partial charge is 0.384 e. The van der Waals surface area contributed by atoms with Crippen LogP contribution < -0.4 is 16.7 Å². The van der Waals surface area contributed by atoms with Gasteiger partial charge in [0.25, 0.3) is 0 Å². The molecule has 5 heteroatoms. The van der Waals surface area contributed by atoms with Gasteiger partial charge in [-0.2, -0.15) is 4.98 Å². The number of rotatable bonds is 8. The lowest BCUT2D eigenvalue weighted by molar-refractivity contribution is 0.353. The van der Waals surface area contributed by atoms with Crippen molar-refractivity contribution >= 4 is 5.82 Å². The van der Waals surface area contributed by atoms with Crippen LogP contribution in [0.25, 0.3) is 0 Å². The highest BCUT2D eigenvalue weighted by molar-refractivity contribution is 5.25. The van der Waals surface area contributed by atoms with Crippen molar-refractivity contribution in [3.8, 4) is 0 Å². The fourth-order valence-electron chi connectivity index (χ4n) is 2.40. The minimum absolute atomic E-state index is 0.237. The van der Waals surface area contributed by atoms with Crippen LogP contribution in [0.1, 0.15) is 53.4 Å². The SMILES string of the molecule is C=C(NC(CCC)CCC)C(C)(C)n1ccc(N)nc1=O. The van der Waals surface area contributed by atoms with Crippen LogP contribution in [0.5, 0.6) is 0 Å². The third-order valence-corrected chi connectivity index (χ3v) is 3.82. The van der Waals surface area contributed by atoms with Gasteiger partial charge in [-0.25, -0.2) is 4.79 Å². The summed E-state index contributed by atoms with van der Waals surface area (Å²) >= 11 is 0. The number of nitrogens with one attached hydrogen (secondary N) is 1. The number of nitrogens with two attached hydrogens (primary N) is 1. The van der Waals surface area contributed by atoms with Crippen molar-refractivity contribution in [3.63, 3.8) is 0 Å². The summed E-state index contributed by atoms with van der Waals surface area (Å²) in [7, 11) is 0. The molecule has 0 atom stereocenters. The minimum Gasteiger partial charge on any atom is -0.384 e. The molecule has 3 N–H and O–H groups in total. The summed E-state index contributed by atoms with van der Waals surface area (Å²) in [5.74, 6) is 0.237. The zero-order valence-corrected chi connectivity index (χ0v) is 13.6. The normalized spacial score (nSPS) is 11.7. The van der Waals surface area contributed by atoms with E-state index in [0.717, 1.165) is 31.4 Å². The topological polar surface area (TPSA) is 72.9 Å². The van der Waals surface area contributed by atoms with E-state index in [1.54, 1.807) is 16.8 Å². The molecule has 0 aliphatic carbocycles. The van der Waals surface area contributed by atoms with Crippen molar-refractivity contribution in [2.75, 3.05) is 5.73 Å². The summed E-state index contributed by atoms with van der Waals surface area (Å²) in [5, 5.41) is 3.49. The number of hydrogen-bond acceptors (Lipinski definition) is 4. The summed E-state index contributed by atoms with van der Waals surface area (Å²) in [5.41, 5.74) is 5.45. The Balaban J connectivity index is 2.95. The van der Waals surface area contributed by atoms with E-state index in [0.29, 0.717) is 6.04 Å². The molecule has 1 rings (SSSR count). The maximum atomic E-state index is 12.0. The van der Waals surface area contributed by atoms with Gasteiger partial charge in [0, 0.05) is 17.9 Å². The second kappa shape index (κ2) is 7.29. The fraction of sp³-hybridized carbons (Fsp3) is 0.625. The number of anilines is 1. The molecule has 0 aromatic carbocycles. The highest BCUT2D eigenvalue weighted by Gasteiger charge is 2.27. The van der Waals surface area contributed by atoms with Crippen molar-refractivity contribution in [3.05, 3.63) is 35.0 Å². The maximum Gasteiger partial charge on any atom is 0.350 e. The summed E-state index contributed by atoms with van der Waals surface area (Å²) in [6, 6.07) is 2.02. The monoisotopic (exact) mass is 292 g/mol. The van der Waals surface area contributed by atoms with Crippen LogP contribution in [0.15, 0.2) is 29.3 Å². The second-order valence-electron chi connectivity index (χ2n) is 5.96. The van der Waals surface area contributed by atoms with E-state index in [2.05, 4.69) is 30.7 Å². The Hall–Kier alpha value is -1.78. The van der Waals surface area contributed by atoms with Crippen molar-refractivity contribution < 1.29 is 0 Å². The van der Waals surface area contributed by atoms with Crippen LogP contribution in [0.2, 0.25) is 0 Å². The molecule has 0 fully saturated rings. The predicted molar refractivity (Wildman–Crippen MR) is 88.1 cm³/mol. The molecule has 1 heterocycles. The van der Waals surface area contributed by atoms with Gasteiger partial charge >= 0.3 is 5.69 Å². The standard InChI is InChI=1S/C16H28N4O/c1-6-8-13(9-7-2)18-12(3)16(4,5)20-11-10-14(17)19-15(20)21/h10-11,13,18H,3,6-9H2,1-2,4-5H3,(H2,17,19,21). The first-order valence-electron chi connectivity index (χ1n) is 7.64. The molecule has 0 amide bonds. The average Bonchev–Trinajstić information content (AvgIpc) is 2.38.